The summed E-state index contributed by atoms with van der Waals surface area (Å²) in [6.45, 7) is 0. The zero-order valence-electron chi connectivity index (χ0n) is 11.5. The monoisotopic (exact) mass is 331 g/mol. The highest BCUT2D eigenvalue weighted by atomic mass is 32.2. The van der Waals surface area contributed by atoms with Crippen LogP contribution in [0.1, 0.15) is 0 Å². The minimum absolute atomic E-state index is 0.289. The molecule has 6 heteroatoms. The smallest absolute Gasteiger partial charge is 0.271 e. The summed E-state index contributed by atoms with van der Waals surface area (Å²) in [7, 11) is -3.51. The number of sulfonamides is 1. The van der Waals surface area contributed by atoms with Crippen molar-refractivity contribution in [1.82, 2.24) is 0 Å². The Labute approximate surface area is 133 Å². The van der Waals surface area contributed by atoms with Gasteiger partial charge < -0.3 is 4.74 Å². The molecule has 2 aromatic carbocycles. The number of rotatable bonds is 5. The van der Waals surface area contributed by atoms with Gasteiger partial charge in [-0.1, -0.05) is 24.3 Å². The molecule has 1 N–H and O–H groups in total. The van der Waals surface area contributed by atoms with Crippen molar-refractivity contribution in [1.29, 1.82) is 0 Å². The van der Waals surface area contributed by atoms with Crippen molar-refractivity contribution >= 4 is 27.0 Å². The minimum atomic E-state index is -3.51. The molecule has 1 aromatic heterocycles. The van der Waals surface area contributed by atoms with E-state index in [1.165, 1.54) is 11.3 Å². The Bertz CT molecular complexity index is 827. The van der Waals surface area contributed by atoms with Crippen molar-refractivity contribution in [2.45, 2.75) is 4.21 Å². The summed E-state index contributed by atoms with van der Waals surface area (Å²) in [4.78, 5) is 0. The van der Waals surface area contributed by atoms with Crippen molar-refractivity contribution in [2.24, 2.45) is 0 Å². The molecular formula is C16H13NO3S2. The molecule has 0 amide bonds. The molecule has 0 atom stereocenters. The summed E-state index contributed by atoms with van der Waals surface area (Å²) in [6.07, 6.45) is 0. The number of hydrogen-bond donors (Lipinski definition) is 1. The number of anilines is 1. The Kier molecular flexibility index (Phi) is 4.13. The lowest BCUT2D eigenvalue weighted by Gasteiger charge is -2.08. The molecule has 112 valence electrons. The standard InChI is InChI=1S/C16H13NO3S2/c18-22(19,16-7-4-12-21-16)17-13-8-10-15(11-9-13)20-14-5-2-1-3-6-14/h1-12,17H. The highest BCUT2D eigenvalue weighted by Crippen LogP contribution is 2.24. The molecule has 0 unspecified atom stereocenters. The highest BCUT2D eigenvalue weighted by Gasteiger charge is 2.14. The Hall–Kier alpha value is -2.31. The Balaban J connectivity index is 1.72. The largest absolute Gasteiger partial charge is 0.457 e. The van der Waals surface area contributed by atoms with E-state index in [4.69, 9.17) is 4.74 Å². The fraction of sp³-hybridized carbons (Fsp3) is 0. The molecule has 3 rings (SSSR count). The first-order valence-electron chi connectivity index (χ1n) is 6.53. The minimum Gasteiger partial charge on any atom is -0.457 e. The quantitative estimate of drug-likeness (QED) is 0.756. The first-order chi connectivity index (χ1) is 10.6. The number of hydrogen-bond acceptors (Lipinski definition) is 4. The molecule has 0 saturated carbocycles. The van der Waals surface area contributed by atoms with Crippen LogP contribution in [0.2, 0.25) is 0 Å². The molecule has 0 radical (unpaired) electrons. The lowest BCUT2D eigenvalue weighted by molar-refractivity contribution is 0.483. The first-order valence-corrected chi connectivity index (χ1v) is 8.89. The summed E-state index contributed by atoms with van der Waals surface area (Å²) < 4.78 is 32.7. The lowest BCUT2D eigenvalue weighted by atomic mass is 10.3. The lowest BCUT2D eigenvalue weighted by Crippen LogP contribution is -2.11. The number of ether oxygens (including phenoxy) is 1. The molecule has 0 saturated heterocycles. The second-order valence-corrected chi connectivity index (χ2v) is 7.33. The molecular weight excluding hydrogens is 318 g/mol. The van der Waals surface area contributed by atoms with Gasteiger partial charge in [0.15, 0.2) is 0 Å². The van der Waals surface area contributed by atoms with E-state index in [1.54, 1.807) is 41.8 Å². The van der Waals surface area contributed by atoms with E-state index in [0.717, 1.165) is 5.75 Å². The van der Waals surface area contributed by atoms with Gasteiger partial charge in [0.25, 0.3) is 10.0 Å². The van der Waals surface area contributed by atoms with Gasteiger partial charge in [0.2, 0.25) is 0 Å². The van der Waals surface area contributed by atoms with Gasteiger partial charge in [-0.25, -0.2) is 8.42 Å². The number of nitrogens with one attached hydrogen (secondary N) is 1. The molecule has 22 heavy (non-hydrogen) atoms. The van der Waals surface area contributed by atoms with E-state index < -0.39 is 10.0 Å². The summed E-state index contributed by atoms with van der Waals surface area (Å²) in [5.41, 5.74) is 0.494. The fourth-order valence-electron chi connectivity index (χ4n) is 1.84. The van der Waals surface area contributed by atoms with Crippen LogP contribution in [-0.2, 0) is 10.0 Å². The zero-order valence-corrected chi connectivity index (χ0v) is 13.1. The van der Waals surface area contributed by atoms with Crippen molar-refractivity contribution in [3.05, 3.63) is 72.1 Å². The third kappa shape index (κ3) is 3.47. The number of benzene rings is 2. The average molecular weight is 331 g/mol. The van der Waals surface area contributed by atoms with E-state index in [1.807, 2.05) is 30.3 Å². The Morgan fingerprint density at radius 1 is 0.818 bits per heavy atom. The van der Waals surface area contributed by atoms with Crippen LogP contribution in [0.4, 0.5) is 5.69 Å². The van der Waals surface area contributed by atoms with Gasteiger partial charge in [-0.15, -0.1) is 11.3 Å². The van der Waals surface area contributed by atoms with Gasteiger partial charge in [0.1, 0.15) is 15.7 Å². The van der Waals surface area contributed by atoms with Crippen molar-refractivity contribution in [3.8, 4) is 11.5 Å². The van der Waals surface area contributed by atoms with Crippen LogP contribution in [0.25, 0.3) is 0 Å². The second-order valence-electron chi connectivity index (χ2n) is 4.48. The Morgan fingerprint density at radius 2 is 1.50 bits per heavy atom. The molecule has 0 fully saturated rings. The van der Waals surface area contributed by atoms with Crippen LogP contribution >= 0.6 is 11.3 Å². The summed E-state index contributed by atoms with van der Waals surface area (Å²) in [5.74, 6) is 1.37. The van der Waals surface area contributed by atoms with Crippen molar-refractivity contribution in [2.75, 3.05) is 4.72 Å². The van der Waals surface area contributed by atoms with E-state index in [-0.39, 0.29) is 4.21 Å². The Morgan fingerprint density at radius 3 is 2.14 bits per heavy atom. The van der Waals surface area contributed by atoms with E-state index in [2.05, 4.69) is 4.72 Å². The first kappa shape index (κ1) is 14.6. The maximum absolute atomic E-state index is 12.1. The molecule has 3 aromatic rings. The normalized spacial score (nSPS) is 11.1. The zero-order chi connectivity index (χ0) is 15.4. The maximum Gasteiger partial charge on any atom is 0.271 e. The van der Waals surface area contributed by atoms with Crippen LogP contribution in [0.5, 0.6) is 11.5 Å². The van der Waals surface area contributed by atoms with Crippen molar-refractivity contribution < 1.29 is 13.2 Å². The van der Waals surface area contributed by atoms with Crippen molar-refractivity contribution in [3.63, 3.8) is 0 Å². The van der Waals surface area contributed by atoms with Crippen LogP contribution in [-0.4, -0.2) is 8.42 Å². The molecule has 0 aliphatic rings. The number of thiophene rings is 1. The molecule has 0 aliphatic carbocycles. The van der Waals surface area contributed by atoms with E-state index in [9.17, 15) is 8.42 Å². The summed E-state index contributed by atoms with van der Waals surface area (Å²) >= 11 is 1.18. The predicted octanol–water partition coefficient (Wildman–Crippen LogP) is 4.34. The van der Waals surface area contributed by atoms with Gasteiger partial charge >= 0.3 is 0 Å². The average Bonchev–Trinajstić information content (AvgIpc) is 3.05. The van der Waals surface area contributed by atoms with Crippen LogP contribution in [0.15, 0.2) is 76.3 Å². The molecule has 1 heterocycles. The van der Waals surface area contributed by atoms with Gasteiger partial charge in [-0.2, -0.15) is 0 Å². The van der Waals surface area contributed by atoms with Crippen LogP contribution in [0.3, 0.4) is 0 Å². The molecule has 0 aliphatic heterocycles. The van der Waals surface area contributed by atoms with Crippen LogP contribution in [0, 0.1) is 0 Å². The molecule has 0 spiro atoms. The fourth-order valence-corrected chi connectivity index (χ4v) is 3.89. The third-order valence-corrected chi connectivity index (χ3v) is 5.62. The molecule has 4 nitrogen and oxygen atoms in total. The highest BCUT2D eigenvalue weighted by molar-refractivity contribution is 7.94. The van der Waals surface area contributed by atoms with Gasteiger partial charge in [-0.3, -0.25) is 4.72 Å². The van der Waals surface area contributed by atoms with Gasteiger partial charge in [0, 0.05) is 5.69 Å². The van der Waals surface area contributed by atoms with Gasteiger partial charge in [-0.05, 0) is 47.8 Å². The summed E-state index contributed by atoms with van der Waals surface area (Å²) in [6, 6.07) is 19.5. The third-order valence-electron chi connectivity index (χ3n) is 2.85. The van der Waals surface area contributed by atoms with Gasteiger partial charge in [0.05, 0.1) is 0 Å². The molecule has 0 bridgehead atoms. The number of para-hydroxylation sites is 1. The van der Waals surface area contributed by atoms with E-state index >= 15 is 0 Å². The topological polar surface area (TPSA) is 55.4 Å². The summed E-state index contributed by atoms with van der Waals surface area (Å²) in [5, 5.41) is 1.73. The second kappa shape index (κ2) is 6.21. The SMILES string of the molecule is O=S(=O)(Nc1ccc(Oc2ccccc2)cc1)c1cccs1. The maximum atomic E-state index is 12.1. The van der Waals surface area contributed by atoms with Crippen LogP contribution < -0.4 is 9.46 Å². The predicted molar refractivity (Wildman–Crippen MR) is 88.1 cm³/mol. The van der Waals surface area contributed by atoms with E-state index in [0.29, 0.717) is 11.4 Å².